The molecule has 0 unspecified atom stereocenters. The second-order valence-electron chi connectivity index (χ2n) is 13.0. The molecule has 0 atom stereocenters. The molecule has 10 aromatic rings. The predicted molar refractivity (Wildman–Crippen MR) is 210 cm³/mol. The molecule has 0 aliphatic carbocycles. The first-order chi connectivity index (χ1) is 24.8. The van der Waals surface area contributed by atoms with Crippen molar-refractivity contribution in [1.29, 1.82) is 0 Å². The average Bonchev–Trinajstić information content (AvgIpc) is 3.20. The third-order valence-corrected chi connectivity index (χ3v) is 10.0. The van der Waals surface area contributed by atoms with Crippen molar-refractivity contribution in [2.45, 2.75) is 0 Å². The van der Waals surface area contributed by atoms with Gasteiger partial charge in [-0.25, -0.2) is 9.97 Å². The maximum atomic E-state index is 5.14. The van der Waals surface area contributed by atoms with Gasteiger partial charge in [-0.05, 0) is 83.5 Å². The summed E-state index contributed by atoms with van der Waals surface area (Å²) in [6, 6.07) is 65.1. The first-order valence-electron chi connectivity index (χ1n) is 17.1. The van der Waals surface area contributed by atoms with Crippen molar-refractivity contribution in [1.82, 2.24) is 9.97 Å². The predicted octanol–water partition coefficient (Wildman–Crippen LogP) is 12.9. The Kier molecular flexibility index (Phi) is 6.53. The highest BCUT2D eigenvalue weighted by molar-refractivity contribution is 6.25. The van der Waals surface area contributed by atoms with Crippen LogP contribution in [-0.4, -0.2) is 9.97 Å². The maximum absolute atomic E-state index is 5.14. The van der Waals surface area contributed by atoms with Crippen molar-refractivity contribution in [3.8, 4) is 56.2 Å². The van der Waals surface area contributed by atoms with Gasteiger partial charge in [0, 0.05) is 16.7 Å². The van der Waals surface area contributed by atoms with Crippen molar-refractivity contribution in [2.75, 3.05) is 0 Å². The van der Waals surface area contributed by atoms with E-state index < -0.39 is 0 Å². The molecule has 232 valence electrons. The fourth-order valence-corrected chi connectivity index (χ4v) is 7.61. The van der Waals surface area contributed by atoms with E-state index >= 15 is 0 Å². The molecule has 1 aromatic heterocycles. The number of hydrogen-bond donors (Lipinski definition) is 0. The minimum absolute atomic E-state index is 0.715. The molecule has 0 amide bonds. The SMILES string of the molecule is c1ccc(-c2nc(-c3cccc(-c4cccc(-c5ccc6ccc7cccc8ccc5c6c78)c4)c3)cc(-c3cccc4ccccc34)n2)cc1. The van der Waals surface area contributed by atoms with Crippen molar-refractivity contribution in [2.24, 2.45) is 0 Å². The Morgan fingerprint density at radius 3 is 1.68 bits per heavy atom. The molecule has 0 aliphatic heterocycles. The van der Waals surface area contributed by atoms with Crippen LogP contribution >= 0.6 is 0 Å². The molecular formula is C48H30N2. The van der Waals surface area contributed by atoms with Crippen molar-refractivity contribution >= 4 is 43.1 Å². The van der Waals surface area contributed by atoms with Gasteiger partial charge in [0.2, 0.25) is 0 Å². The van der Waals surface area contributed by atoms with Gasteiger partial charge in [0.25, 0.3) is 0 Å². The first-order valence-corrected chi connectivity index (χ1v) is 17.1. The highest BCUT2D eigenvalue weighted by atomic mass is 14.9. The zero-order valence-corrected chi connectivity index (χ0v) is 27.2. The molecule has 0 fully saturated rings. The number of hydrogen-bond acceptors (Lipinski definition) is 2. The molecule has 1 heterocycles. The molecule has 0 radical (unpaired) electrons. The molecule has 2 nitrogen and oxygen atoms in total. The topological polar surface area (TPSA) is 25.8 Å². The monoisotopic (exact) mass is 634 g/mol. The van der Waals surface area contributed by atoms with Crippen LogP contribution in [0.3, 0.4) is 0 Å². The Labute approximate surface area is 290 Å². The number of benzene rings is 9. The Hall–Kier alpha value is -6.64. The van der Waals surface area contributed by atoms with E-state index in [9.17, 15) is 0 Å². The van der Waals surface area contributed by atoms with E-state index in [1.165, 1.54) is 59.8 Å². The standard InChI is InChI=1S/C48H30N2/c1-2-11-35(12-3-1)48-49-44(30-45(50-48)42-21-9-13-31-10-4-5-20-40(31)42)39-19-8-17-37(29-39)36-16-7-18-38(28-36)41-26-24-34-23-22-32-14-6-15-33-25-27-43(41)47(34)46(32)33/h1-30H. The van der Waals surface area contributed by atoms with Crippen molar-refractivity contribution < 1.29 is 0 Å². The van der Waals surface area contributed by atoms with Gasteiger partial charge in [0.1, 0.15) is 0 Å². The summed E-state index contributed by atoms with van der Waals surface area (Å²) < 4.78 is 0. The summed E-state index contributed by atoms with van der Waals surface area (Å²) >= 11 is 0. The molecule has 0 aliphatic rings. The van der Waals surface area contributed by atoms with Crippen LogP contribution < -0.4 is 0 Å². The normalized spacial score (nSPS) is 11.6. The third kappa shape index (κ3) is 4.73. The molecule has 0 spiro atoms. The van der Waals surface area contributed by atoms with Crippen LogP contribution in [0.2, 0.25) is 0 Å². The van der Waals surface area contributed by atoms with Gasteiger partial charge >= 0.3 is 0 Å². The number of aromatic nitrogens is 2. The molecule has 0 saturated carbocycles. The highest BCUT2D eigenvalue weighted by Gasteiger charge is 2.15. The summed E-state index contributed by atoms with van der Waals surface area (Å²) in [6.45, 7) is 0. The van der Waals surface area contributed by atoms with E-state index in [-0.39, 0.29) is 0 Å². The summed E-state index contributed by atoms with van der Waals surface area (Å²) in [4.78, 5) is 10.3. The summed E-state index contributed by atoms with van der Waals surface area (Å²) in [5, 5.41) is 10.2. The lowest BCUT2D eigenvalue weighted by atomic mass is 9.89. The van der Waals surface area contributed by atoms with Crippen LogP contribution in [0.5, 0.6) is 0 Å². The molecule has 0 N–H and O–H groups in total. The Balaban J connectivity index is 1.10. The fourth-order valence-electron chi connectivity index (χ4n) is 7.61. The van der Waals surface area contributed by atoms with E-state index in [1.807, 2.05) is 18.2 Å². The van der Waals surface area contributed by atoms with Crippen LogP contribution in [0.4, 0.5) is 0 Å². The number of nitrogens with zero attached hydrogens (tertiary/aromatic N) is 2. The zero-order valence-electron chi connectivity index (χ0n) is 27.2. The van der Waals surface area contributed by atoms with E-state index in [0.717, 1.165) is 33.6 Å². The van der Waals surface area contributed by atoms with Crippen LogP contribution in [0.15, 0.2) is 182 Å². The van der Waals surface area contributed by atoms with Gasteiger partial charge in [-0.2, -0.15) is 0 Å². The van der Waals surface area contributed by atoms with Crippen LogP contribution in [-0.2, 0) is 0 Å². The lowest BCUT2D eigenvalue weighted by Crippen LogP contribution is -1.96. The molecule has 0 saturated heterocycles. The summed E-state index contributed by atoms with van der Waals surface area (Å²) in [6.07, 6.45) is 0. The first kappa shape index (κ1) is 28.4. The molecule has 10 rings (SSSR count). The smallest absolute Gasteiger partial charge is 0.160 e. The van der Waals surface area contributed by atoms with E-state index in [1.54, 1.807) is 0 Å². The summed E-state index contributed by atoms with van der Waals surface area (Å²) in [5.41, 5.74) is 9.72. The number of rotatable bonds is 5. The second-order valence-corrected chi connectivity index (χ2v) is 13.0. The molecule has 50 heavy (non-hydrogen) atoms. The van der Waals surface area contributed by atoms with Crippen molar-refractivity contribution in [3.63, 3.8) is 0 Å². The number of fused-ring (bicyclic) bond motifs is 1. The zero-order chi connectivity index (χ0) is 33.0. The van der Waals surface area contributed by atoms with Gasteiger partial charge in [-0.1, -0.05) is 164 Å². The largest absolute Gasteiger partial charge is 0.228 e. The fraction of sp³-hybridized carbons (Fsp3) is 0. The molecular weight excluding hydrogens is 605 g/mol. The van der Waals surface area contributed by atoms with Crippen LogP contribution in [0, 0.1) is 0 Å². The molecule has 0 bridgehead atoms. The minimum atomic E-state index is 0.715. The van der Waals surface area contributed by atoms with Gasteiger partial charge in [0.15, 0.2) is 5.82 Å². The Morgan fingerprint density at radius 1 is 0.280 bits per heavy atom. The van der Waals surface area contributed by atoms with Gasteiger partial charge in [-0.15, -0.1) is 0 Å². The van der Waals surface area contributed by atoms with Crippen LogP contribution in [0.25, 0.3) is 99.2 Å². The van der Waals surface area contributed by atoms with E-state index in [4.69, 9.17) is 9.97 Å². The van der Waals surface area contributed by atoms with Gasteiger partial charge in [-0.3, -0.25) is 0 Å². The Bertz CT molecular complexity index is 2850. The van der Waals surface area contributed by atoms with Crippen LogP contribution in [0.1, 0.15) is 0 Å². The molecule has 2 heteroatoms. The van der Waals surface area contributed by atoms with Gasteiger partial charge < -0.3 is 0 Å². The van der Waals surface area contributed by atoms with Gasteiger partial charge in [0.05, 0.1) is 11.4 Å². The third-order valence-electron chi connectivity index (χ3n) is 10.0. The second kappa shape index (κ2) is 11.5. The highest BCUT2D eigenvalue weighted by Crippen LogP contribution is 2.40. The molecule has 9 aromatic carbocycles. The average molecular weight is 635 g/mol. The lowest BCUT2D eigenvalue weighted by Gasteiger charge is -2.15. The minimum Gasteiger partial charge on any atom is -0.228 e. The lowest BCUT2D eigenvalue weighted by molar-refractivity contribution is 1.18. The summed E-state index contributed by atoms with van der Waals surface area (Å²) in [5.74, 6) is 0.715. The summed E-state index contributed by atoms with van der Waals surface area (Å²) in [7, 11) is 0. The van der Waals surface area contributed by atoms with Crippen molar-refractivity contribution in [3.05, 3.63) is 182 Å². The van der Waals surface area contributed by atoms with E-state index in [2.05, 4.69) is 164 Å². The quantitative estimate of drug-likeness (QED) is 0.176. The maximum Gasteiger partial charge on any atom is 0.160 e. The van der Waals surface area contributed by atoms with E-state index in [0.29, 0.717) is 5.82 Å². The Morgan fingerprint density at radius 2 is 0.840 bits per heavy atom.